The predicted octanol–water partition coefficient (Wildman–Crippen LogP) is 14.9. The second kappa shape index (κ2) is 13.1. The van der Waals surface area contributed by atoms with Crippen molar-refractivity contribution in [1.29, 1.82) is 0 Å². The largest absolute Gasteiger partial charge is 0.311 e. The molecule has 13 aromatic rings. The molecular weight excluding hydrogens is 784 g/mol. The van der Waals surface area contributed by atoms with Crippen LogP contribution in [0, 0.1) is 0 Å². The van der Waals surface area contributed by atoms with Crippen LogP contribution in [0.15, 0.2) is 224 Å². The van der Waals surface area contributed by atoms with Crippen LogP contribution in [0.4, 0.5) is 34.1 Å². The smallest absolute Gasteiger partial charge is 0.252 e. The Labute approximate surface area is 376 Å². The molecule has 2 aliphatic rings. The zero-order chi connectivity index (χ0) is 42.3. The minimum absolute atomic E-state index is 0.0313. The van der Waals surface area contributed by atoms with Gasteiger partial charge in [-0.2, -0.15) is 0 Å². The summed E-state index contributed by atoms with van der Waals surface area (Å²) in [5.74, 6) is 0. The second-order valence-electron chi connectivity index (χ2n) is 18.0. The molecule has 65 heavy (non-hydrogen) atoms. The average molecular weight is 821 g/mol. The zero-order valence-electron chi connectivity index (χ0n) is 35.3. The van der Waals surface area contributed by atoms with Gasteiger partial charge in [0.1, 0.15) is 0 Å². The lowest BCUT2D eigenvalue weighted by atomic mass is 9.33. The Balaban J connectivity index is 1.10. The number of hydrogen-bond donors (Lipinski definition) is 0. The van der Waals surface area contributed by atoms with Crippen molar-refractivity contribution in [3.8, 4) is 11.1 Å². The molecule has 0 radical (unpaired) electrons. The Bertz CT molecular complexity index is 3890. The van der Waals surface area contributed by atoms with Crippen LogP contribution >= 0.6 is 0 Å². The van der Waals surface area contributed by atoms with Gasteiger partial charge in [-0.25, -0.2) is 0 Å². The van der Waals surface area contributed by atoms with Crippen LogP contribution in [0.2, 0.25) is 0 Å². The van der Waals surface area contributed by atoms with Gasteiger partial charge in [0.25, 0.3) is 6.71 Å². The highest BCUT2D eigenvalue weighted by molar-refractivity contribution is 7.00. The van der Waals surface area contributed by atoms with E-state index < -0.39 is 0 Å². The van der Waals surface area contributed by atoms with E-state index in [1.807, 2.05) is 0 Å². The molecule has 0 aliphatic carbocycles. The maximum atomic E-state index is 2.56. The normalized spacial score (nSPS) is 13.1. The molecule has 0 unspecified atom stereocenters. The van der Waals surface area contributed by atoms with Crippen LogP contribution in [0.5, 0.6) is 0 Å². The first-order valence-corrected chi connectivity index (χ1v) is 22.7. The highest BCUT2D eigenvalue weighted by atomic mass is 15.2. The van der Waals surface area contributed by atoms with Gasteiger partial charge in [-0.05, 0) is 164 Å². The quantitative estimate of drug-likeness (QED) is 0.129. The van der Waals surface area contributed by atoms with Gasteiger partial charge in [-0.1, -0.05) is 164 Å². The van der Waals surface area contributed by atoms with Crippen molar-refractivity contribution in [2.75, 3.05) is 9.80 Å². The van der Waals surface area contributed by atoms with Gasteiger partial charge in [-0.15, -0.1) is 0 Å². The van der Waals surface area contributed by atoms with E-state index in [9.17, 15) is 0 Å². The highest BCUT2D eigenvalue weighted by Crippen LogP contribution is 2.48. The maximum Gasteiger partial charge on any atom is 0.252 e. The Hall–Kier alpha value is -8.40. The molecule has 0 aromatic heterocycles. The number of hydrogen-bond acceptors (Lipinski definition) is 2. The fourth-order valence-corrected chi connectivity index (χ4v) is 11.8. The zero-order valence-corrected chi connectivity index (χ0v) is 35.3. The Morgan fingerprint density at radius 3 is 1.18 bits per heavy atom. The third-order valence-electron chi connectivity index (χ3n) is 14.6. The van der Waals surface area contributed by atoms with E-state index in [1.165, 1.54) is 126 Å². The molecule has 0 bridgehead atoms. The summed E-state index contributed by atoms with van der Waals surface area (Å²) < 4.78 is 0. The van der Waals surface area contributed by atoms with E-state index in [0.29, 0.717) is 0 Å². The number of anilines is 6. The first kappa shape index (κ1) is 35.1. The van der Waals surface area contributed by atoms with E-state index >= 15 is 0 Å². The molecule has 15 rings (SSSR count). The molecule has 0 N–H and O–H groups in total. The summed E-state index contributed by atoms with van der Waals surface area (Å²) in [6.45, 7) is -0.0313. The molecule has 0 fully saturated rings. The number of rotatable bonds is 3. The summed E-state index contributed by atoms with van der Waals surface area (Å²) >= 11 is 0. The summed E-state index contributed by atoms with van der Waals surface area (Å²) in [6.07, 6.45) is 0. The van der Waals surface area contributed by atoms with E-state index in [2.05, 4.69) is 234 Å². The molecule has 0 saturated heterocycles. The summed E-state index contributed by atoms with van der Waals surface area (Å²) in [6, 6.07) is 84.6. The third kappa shape index (κ3) is 4.95. The van der Waals surface area contributed by atoms with Crippen molar-refractivity contribution >= 4 is 133 Å². The van der Waals surface area contributed by atoms with Crippen LogP contribution in [0.3, 0.4) is 0 Å². The number of para-hydroxylation sites is 2. The van der Waals surface area contributed by atoms with Gasteiger partial charge in [0.2, 0.25) is 0 Å². The van der Waals surface area contributed by atoms with Gasteiger partial charge in [0.15, 0.2) is 0 Å². The Morgan fingerprint density at radius 2 is 0.662 bits per heavy atom. The van der Waals surface area contributed by atoms with E-state index in [1.54, 1.807) is 0 Å². The third-order valence-corrected chi connectivity index (χ3v) is 14.6. The van der Waals surface area contributed by atoms with Gasteiger partial charge < -0.3 is 9.80 Å². The van der Waals surface area contributed by atoms with Crippen LogP contribution in [0.1, 0.15) is 0 Å². The predicted molar refractivity (Wildman–Crippen MR) is 280 cm³/mol. The Kier molecular flexibility index (Phi) is 7.06. The molecule has 2 aliphatic heterocycles. The van der Waals surface area contributed by atoms with Gasteiger partial charge in [0.05, 0.1) is 0 Å². The first-order valence-electron chi connectivity index (χ1n) is 22.7. The topological polar surface area (TPSA) is 6.48 Å². The van der Waals surface area contributed by atoms with Crippen molar-refractivity contribution in [2.24, 2.45) is 0 Å². The van der Waals surface area contributed by atoms with Crippen molar-refractivity contribution in [3.05, 3.63) is 224 Å². The fraction of sp³-hybridized carbons (Fsp3) is 0. The number of nitrogens with zero attached hydrogens (tertiary/aromatic N) is 2. The lowest BCUT2D eigenvalue weighted by Crippen LogP contribution is -2.61. The van der Waals surface area contributed by atoms with Gasteiger partial charge >= 0.3 is 0 Å². The molecular formula is C62H37BN2. The van der Waals surface area contributed by atoms with E-state index in [-0.39, 0.29) is 6.71 Å². The average Bonchev–Trinajstić information content (AvgIpc) is 3.37. The molecule has 2 nitrogen and oxygen atoms in total. The van der Waals surface area contributed by atoms with E-state index in [0.717, 1.165) is 11.4 Å². The minimum Gasteiger partial charge on any atom is -0.311 e. The summed E-state index contributed by atoms with van der Waals surface area (Å²) in [5, 5.41) is 17.9. The Morgan fingerprint density at radius 1 is 0.262 bits per heavy atom. The summed E-state index contributed by atoms with van der Waals surface area (Å²) in [4.78, 5) is 5.12. The lowest BCUT2D eigenvalue weighted by Gasteiger charge is -2.44. The molecule has 0 atom stereocenters. The van der Waals surface area contributed by atoms with Crippen LogP contribution in [-0.2, 0) is 0 Å². The summed E-state index contributed by atoms with van der Waals surface area (Å²) in [7, 11) is 0. The van der Waals surface area contributed by atoms with Gasteiger partial charge in [0, 0.05) is 34.1 Å². The minimum atomic E-state index is -0.0313. The lowest BCUT2D eigenvalue weighted by molar-refractivity contribution is 1.26. The molecule has 2 heterocycles. The molecule has 0 saturated carbocycles. The van der Waals surface area contributed by atoms with Crippen molar-refractivity contribution in [2.45, 2.75) is 0 Å². The van der Waals surface area contributed by atoms with Crippen LogP contribution in [-0.4, -0.2) is 6.71 Å². The van der Waals surface area contributed by atoms with Crippen molar-refractivity contribution < 1.29 is 0 Å². The number of benzene rings is 13. The fourth-order valence-electron chi connectivity index (χ4n) is 11.8. The monoisotopic (exact) mass is 820 g/mol. The highest BCUT2D eigenvalue weighted by Gasteiger charge is 2.44. The molecule has 298 valence electrons. The standard InChI is InChI=1S/C62H37BN2/c1-3-16-48(17-4-1)64-56-36-52-42(26-22-38-12-7-9-20-50(38)52)32-54(56)63-55-33-43-27-23-39-13-8-10-21-51(39)53(43)37-57(55)65(49-18-5-2-6-19-49)59-35-47(34-58(64)62(59)63)46-30-44-28-24-40-14-11-15-41-25-29-45(31-46)61(44)60(40)41/h1-37H. The SMILES string of the molecule is c1ccc(N2c3cc4c(ccc5ccccc54)cc3B3c4cc5ccc6ccccc6c5cc4N(c4ccccc4)c4cc(-c5cc6ccc7cccc8ccc(c5)c6c78)cc2c43)cc1. The maximum absolute atomic E-state index is 2.56. The number of fused-ring (bicyclic) bond motifs is 10. The van der Waals surface area contributed by atoms with Crippen molar-refractivity contribution in [1.82, 2.24) is 0 Å². The molecule has 0 amide bonds. The van der Waals surface area contributed by atoms with Crippen LogP contribution in [0.25, 0.3) is 86.5 Å². The molecule has 13 aromatic carbocycles. The van der Waals surface area contributed by atoms with Crippen LogP contribution < -0.4 is 26.2 Å². The summed E-state index contributed by atoms with van der Waals surface area (Å²) in [5.41, 5.74) is 13.5. The second-order valence-corrected chi connectivity index (χ2v) is 18.0. The molecule has 3 heteroatoms. The first-order chi connectivity index (χ1) is 32.2. The molecule has 0 spiro atoms. The van der Waals surface area contributed by atoms with Gasteiger partial charge in [-0.3, -0.25) is 0 Å². The van der Waals surface area contributed by atoms with E-state index in [4.69, 9.17) is 0 Å². The van der Waals surface area contributed by atoms with Crippen molar-refractivity contribution in [3.63, 3.8) is 0 Å².